The van der Waals surface area contributed by atoms with Crippen molar-refractivity contribution in [2.24, 2.45) is 5.92 Å². The minimum atomic E-state index is -0.0557. The lowest BCUT2D eigenvalue weighted by Crippen LogP contribution is -2.17. The van der Waals surface area contributed by atoms with Gasteiger partial charge in [-0.25, -0.2) is 0 Å². The Morgan fingerprint density at radius 2 is 1.19 bits per heavy atom. The van der Waals surface area contributed by atoms with E-state index < -0.39 is 0 Å². The molecule has 184 valence electrons. The first kappa shape index (κ1) is 29.9. The molecule has 0 radical (unpaired) electrons. The van der Waals surface area contributed by atoms with Gasteiger partial charge in [-0.1, -0.05) is 91.9 Å². The van der Waals surface area contributed by atoms with Crippen LogP contribution in [0.3, 0.4) is 0 Å². The first-order chi connectivity index (χ1) is 15.0. The molecule has 0 aliphatic rings. The topological polar surface area (TPSA) is 52.6 Å². The molecule has 0 aromatic rings. The summed E-state index contributed by atoms with van der Waals surface area (Å²) in [5.74, 6) is 0.389. The molecule has 0 aromatic carbocycles. The zero-order valence-electron chi connectivity index (χ0n) is 21.2. The summed E-state index contributed by atoms with van der Waals surface area (Å²) in [5, 5.41) is 0. The van der Waals surface area contributed by atoms with Crippen molar-refractivity contribution in [1.82, 2.24) is 0 Å². The second-order valence-electron chi connectivity index (χ2n) is 9.26. The highest BCUT2D eigenvalue weighted by Crippen LogP contribution is 2.17. The molecule has 0 unspecified atom stereocenters. The summed E-state index contributed by atoms with van der Waals surface area (Å²) in [5.41, 5.74) is 0. The van der Waals surface area contributed by atoms with Crippen LogP contribution in [0.5, 0.6) is 0 Å². The van der Waals surface area contributed by atoms with E-state index in [-0.39, 0.29) is 18.0 Å². The average molecular weight is 441 g/mol. The van der Waals surface area contributed by atoms with Gasteiger partial charge in [0.25, 0.3) is 0 Å². The van der Waals surface area contributed by atoms with Gasteiger partial charge in [0.2, 0.25) is 0 Å². The number of hydrogen-bond donors (Lipinski definition) is 0. The predicted octanol–water partition coefficient (Wildman–Crippen LogP) is 8.16. The molecule has 0 N–H and O–H groups in total. The van der Waals surface area contributed by atoms with Gasteiger partial charge in [0.15, 0.2) is 0 Å². The van der Waals surface area contributed by atoms with Crippen LogP contribution in [0.2, 0.25) is 0 Å². The lowest BCUT2D eigenvalue weighted by molar-refractivity contribution is -0.149. The molecule has 0 rings (SSSR count). The van der Waals surface area contributed by atoms with Crippen LogP contribution in [0.4, 0.5) is 0 Å². The van der Waals surface area contributed by atoms with E-state index in [4.69, 9.17) is 9.47 Å². The third-order valence-electron chi connectivity index (χ3n) is 5.93. The highest BCUT2D eigenvalue weighted by atomic mass is 16.5. The minimum Gasteiger partial charge on any atom is -0.465 e. The maximum absolute atomic E-state index is 11.7. The number of hydrogen-bond acceptors (Lipinski definition) is 4. The minimum absolute atomic E-state index is 0.0315. The predicted molar refractivity (Wildman–Crippen MR) is 130 cm³/mol. The van der Waals surface area contributed by atoms with E-state index in [9.17, 15) is 9.59 Å². The van der Waals surface area contributed by atoms with Crippen molar-refractivity contribution in [2.45, 2.75) is 149 Å². The normalized spacial score (nSPS) is 13.0. The van der Waals surface area contributed by atoms with E-state index in [1.807, 2.05) is 6.92 Å². The van der Waals surface area contributed by atoms with Crippen molar-refractivity contribution in [2.75, 3.05) is 6.61 Å². The first-order valence-corrected chi connectivity index (χ1v) is 13.4. The zero-order valence-corrected chi connectivity index (χ0v) is 21.2. The van der Waals surface area contributed by atoms with Crippen LogP contribution in [0.1, 0.15) is 143 Å². The fraction of sp³-hybridized carbons (Fsp3) is 0.926. The lowest BCUT2D eigenvalue weighted by Gasteiger charge is -2.17. The molecule has 0 saturated carbocycles. The number of ether oxygens (including phenoxy) is 2. The smallest absolute Gasteiger partial charge is 0.305 e. The molecule has 0 aliphatic carbocycles. The van der Waals surface area contributed by atoms with Gasteiger partial charge in [-0.15, -0.1) is 0 Å². The Kier molecular flexibility index (Phi) is 21.4. The van der Waals surface area contributed by atoms with Gasteiger partial charge >= 0.3 is 11.9 Å². The van der Waals surface area contributed by atoms with Crippen LogP contribution in [-0.2, 0) is 19.1 Å². The molecule has 31 heavy (non-hydrogen) atoms. The summed E-state index contributed by atoms with van der Waals surface area (Å²) in [6.45, 7) is 8.97. The monoisotopic (exact) mass is 440 g/mol. The summed E-state index contributed by atoms with van der Waals surface area (Å²) in [7, 11) is 0. The van der Waals surface area contributed by atoms with Gasteiger partial charge in [0.1, 0.15) is 6.10 Å². The molecule has 0 saturated heterocycles. The van der Waals surface area contributed by atoms with Gasteiger partial charge in [0.05, 0.1) is 6.61 Å². The second-order valence-corrected chi connectivity index (χ2v) is 9.26. The van der Waals surface area contributed by atoms with Crippen LogP contribution < -0.4 is 0 Å². The highest BCUT2D eigenvalue weighted by Gasteiger charge is 2.13. The van der Waals surface area contributed by atoms with Gasteiger partial charge in [-0.2, -0.15) is 0 Å². The van der Waals surface area contributed by atoms with Crippen molar-refractivity contribution >= 4 is 11.9 Å². The number of rotatable bonds is 22. The van der Waals surface area contributed by atoms with Gasteiger partial charge in [-0.05, 0) is 44.4 Å². The molecule has 2 atom stereocenters. The lowest BCUT2D eigenvalue weighted by atomic mass is 10.0. The van der Waals surface area contributed by atoms with Crippen LogP contribution in [0, 0.1) is 5.92 Å². The van der Waals surface area contributed by atoms with Crippen LogP contribution in [-0.4, -0.2) is 24.6 Å². The highest BCUT2D eigenvalue weighted by molar-refractivity contribution is 5.69. The second kappa shape index (κ2) is 22.1. The van der Waals surface area contributed by atoms with E-state index in [1.165, 1.54) is 57.8 Å². The fourth-order valence-electron chi connectivity index (χ4n) is 3.92. The maximum Gasteiger partial charge on any atom is 0.305 e. The number of unbranched alkanes of at least 4 members (excludes halogenated alkanes) is 10. The summed E-state index contributed by atoms with van der Waals surface area (Å²) < 4.78 is 11.0. The Balaban J connectivity index is 3.63. The van der Waals surface area contributed by atoms with Gasteiger partial charge in [-0.3, -0.25) is 9.59 Å². The Morgan fingerprint density at radius 1 is 0.645 bits per heavy atom. The molecule has 4 nitrogen and oxygen atoms in total. The molecule has 0 spiro atoms. The van der Waals surface area contributed by atoms with Crippen molar-refractivity contribution in [1.29, 1.82) is 0 Å². The summed E-state index contributed by atoms with van der Waals surface area (Å²) in [6, 6.07) is 0. The number of esters is 2. The quantitative estimate of drug-likeness (QED) is 0.126. The summed E-state index contributed by atoms with van der Waals surface area (Å²) >= 11 is 0. The molecule has 0 fully saturated rings. The molecule has 0 aliphatic heterocycles. The first-order valence-electron chi connectivity index (χ1n) is 13.4. The van der Waals surface area contributed by atoms with Crippen LogP contribution in [0.25, 0.3) is 0 Å². The Hall–Kier alpha value is -1.06. The third-order valence-corrected chi connectivity index (χ3v) is 5.93. The maximum atomic E-state index is 11.7. The van der Waals surface area contributed by atoms with Crippen molar-refractivity contribution in [3.63, 3.8) is 0 Å². The third kappa shape index (κ3) is 20.6. The number of carbonyl (C=O) groups is 2. The summed E-state index contributed by atoms with van der Waals surface area (Å²) in [6.07, 6.45) is 19.8. The van der Waals surface area contributed by atoms with Crippen molar-refractivity contribution < 1.29 is 19.1 Å². The van der Waals surface area contributed by atoms with Crippen LogP contribution in [0.15, 0.2) is 0 Å². The molecular weight excluding hydrogens is 388 g/mol. The SMILES string of the molecule is CCCCCC[C@@H](CCCCCCCCCCC(=O)OC[C@H](C)CCC)OC(=O)CC. The van der Waals surface area contributed by atoms with E-state index >= 15 is 0 Å². The molecule has 0 amide bonds. The Morgan fingerprint density at radius 3 is 1.74 bits per heavy atom. The standard InChI is InChI=1S/C27H52O4/c1-5-8-9-16-20-25(31-26(28)7-3)21-17-14-12-10-11-13-15-18-22-27(29)30-23-24(4)19-6-2/h24-25H,5-23H2,1-4H3/t24-,25+/m1/s1. The van der Waals surface area contributed by atoms with Crippen molar-refractivity contribution in [3.8, 4) is 0 Å². The van der Waals surface area contributed by atoms with E-state index in [1.54, 1.807) is 0 Å². The molecule has 0 bridgehead atoms. The van der Waals surface area contributed by atoms with Crippen molar-refractivity contribution in [3.05, 3.63) is 0 Å². The van der Waals surface area contributed by atoms with E-state index in [0.717, 1.165) is 44.9 Å². The Bertz CT molecular complexity index is 421. The fourth-order valence-corrected chi connectivity index (χ4v) is 3.92. The van der Waals surface area contributed by atoms with Gasteiger partial charge < -0.3 is 9.47 Å². The Labute approximate surface area is 193 Å². The van der Waals surface area contributed by atoms with Gasteiger partial charge in [0, 0.05) is 12.8 Å². The summed E-state index contributed by atoms with van der Waals surface area (Å²) in [4.78, 5) is 23.4. The van der Waals surface area contributed by atoms with E-state index in [2.05, 4.69) is 20.8 Å². The average Bonchev–Trinajstić information content (AvgIpc) is 2.76. The molecule has 0 heterocycles. The van der Waals surface area contributed by atoms with E-state index in [0.29, 0.717) is 25.4 Å². The zero-order chi connectivity index (χ0) is 23.2. The molecular formula is C27H52O4. The largest absolute Gasteiger partial charge is 0.465 e. The molecule has 0 aromatic heterocycles. The number of carbonyl (C=O) groups excluding carboxylic acids is 2. The molecule has 4 heteroatoms. The van der Waals surface area contributed by atoms with Crippen LogP contribution >= 0.6 is 0 Å².